The van der Waals surface area contributed by atoms with Gasteiger partial charge >= 0.3 is 0 Å². The zero-order chi connectivity index (χ0) is 13.3. The van der Waals surface area contributed by atoms with Crippen LogP contribution in [0, 0.1) is 0 Å². The highest BCUT2D eigenvalue weighted by Gasteiger charge is 2.49. The molecule has 0 bridgehead atoms. The second-order valence-electron chi connectivity index (χ2n) is 7.51. The fourth-order valence-corrected chi connectivity index (χ4v) is 4.91. The SMILES string of the molecule is CCC(C)N1CC2(CCCCC2)NCC12CCCC2. The van der Waals surface area contributed by atoms with E-state index >= 15 is 0 Å². The lowest BCUT2D eigenvalue weighted by Crippen LogP contribution is -2.71. The van der Waals surface area contributed by atoms with Crippen molar-refractivity contribution >= 4 is 0 Å². The summed E-state index contributed by atoms with van der Waals surface area (Å²) in [5.41, 5.74) is 0.980. The summed E-state index contributed by atoms with van der Waals surface area (Å²) in [6, 6.07) is 0.763. The zero-order valence-corrected chi connectivity index (χ0v) is 13.0. The Morgan fingerprint density at radius 1 is 1.00 bits per heavy atom. The summed E-state index contributed by atoms with van der Waals surface area (Å²) < 4.78 is 0. The van der Waals surface area contributed by atoms with Crippen LogP contribution in [0.15, 0.2) is 0 Å². The molecule has 1 N–H and O–H groups in total. The number of nitrogens with one attached hydrogen (secondary N) is 1. The van der Waals surface area contributed by atoms with Crippen molar-refractivity contribution in [3.63, 3.8) is 0 Å². The molecule has 1 saturated heterocycles. The molecule has 0 aromatic rings. The van der Waals surface area contributed by atoms with Gasteiger partial charge in [0.15, 0.2) is 0 Å². The summed E-state index contributed by atoms with van der Waals surface area (Å²) in [6.07, 6.45) is 14.2. The molecule has 2 nitrogen and oxygen atoms in total. The Hall–Kier alpha value is -0.0800. The minimum atomic E-state index is 0.468. The number of nitrogens with zero attached hydrogens (tertiary/aromatic N) is 1. The monoisotopic (exact) mass is 264 g/mol. The van der Waals surface area contributed by atoms with Gasteiger partial charge < -0.3 is 5.32 Å². The summed E-state index contributed by atoms with van der Waals surface area (Å²) in [6.45, 7) is 7.41. The normalized spacial score (nSPS) is 31.9. The Balaban J connectivity index is 1.79. The van der Waals surface area contributed by atoms with Crippen LogP contribution in [0.1, 0.15) is 78.1 Å². The van der Waals surface area contributed by atoms with E-state index in [9.17, 15) is 0 Å². The van der Waals surface area contributed by atoms with Gasteiger partial charge in [-0.2, -0.15) is 0 Å². The summed E-state index contributed by atoms with van der Waals surface area (Å²) in [5, 5.41) is 4.03. The van der Waals surface area contributed by atoms with Crippen molar-refractivity contribution in [1.82, 2.24) is 10.2 Å². The third-order valence-electron chi connectivity index (χ3n) is 6.34. The fourth-order valence-electron chi connectivity index (χ4n) is 4.91. The van der Waals surface area contributed by atoms with Crippen molar-refractivity contribution in [1.29, 1.82) is 0 Å². The molecule has 3 fully saturated rings. The number of hydrogen-bond acceptors (Lipinski definition) is 2. The highest BCUT2D eigenvalue weighted by molar-refractivity contribution is 5.08. The molecule has 1 unspecified atom stereocenters. The van der Waals surface area contributed by atoms with Gasteiger partial charge in [0.2, 0.25) is 0 Å². The van der Waals surface area contributed by atoms with Crippen LogP contribution in [0.4, 0.5) is 0 Å². The van der Waals surface area contributed by atoms with E-state index in [0.29, 0.717) is 11.1 Å². The van der Waals surface area contributed by atoms with Crippen LogP contribution in [0.2, 0.25) is 0 Å². The predicted octanol–water partition coefficient (Wildman–Crippen LogP) is 3.71. The van der Waals surface area contributed by atoms with E-state index in [1.165, 1.54) is 77.3 Å². The minimum absolute atomic E-state index is 0.468. The lowest BCUT2D eigenvalue weighted by Gasteiger charge is -2.57. The molecule has 0 amide bonds. The van der Waals surface area contributed by atoms with Crippen LogP contribution in [-0.4, -0.2) is 35.1 Å². The highest BCUT2D eigenvalue weighted by Crippen LogP contribution is 2.43. The second kappa shape index (κ2) is 5.37. The Morgan fingerprint density at radius 2 is 1.63 bits per heavy atom. The number of piperazine rings is 1. The van der Waals surface area contributed by atoms with Gasteiger partial charge in [-0.05, 0) is 39.0 Å². The van der Waals surface area contributed by atoms with Crippen LogP contribution in [-0.2, 0) is 0 Å². The average molecular weight is 264 g/mol. The van der Waals surface area contributed by atoms with E-state index in [-0.39, 0.29) is 0 Å². The van der Waals surface area contributed by atoms with Gasteiger partial charge in [0.1, 0.15) is 0 Å². The van der Waals surface area contributed by atoms with Crippen LogP contribution < -0.4 is 5.32 Å². The number of rotatable bonds is 2. The van der Waals surface area contributed by atoms with Crippen molar-refractivity contribution < 1.29 is 0 Å². The van der Waals surface area contributed by atoms with E-state index < -0.39 is 0 Å². The van der Waals surface area contributed by atoms with Gasteiger partial charge in [0.05, 0.1) is 0 Å². The van der Waals surface area contributed by atoms with Crippen molar-refractivity contribution in [3.8, 4) is 0 Å². The largest absolute Gasteiger partial charge is 0.308 e. The first-order chi connectivity index (χ1) is 9.20. The molecule has 1 aliphatic heterocycles. The third kappa shape index (κ3) is 2.47. The molecule has 2 aliphatic carbocycles. The fraction of sp³-hybridized carbons (Fsp3) is 1.00. The molecule has 2 spiro atoms. The molecule has 110 valence electrons. The van der Waals surface area contributed by atoms with Gasteiger partial charge in [0, 0.05) is 30.2 Å². The first kappa shape index (κ1) is 13.9. The topological polar surface area (TPSA) is 15.3 Å². The van der Waals surface area contributed by atoms with Crippen molar-refractivity contribution in [2.75, 3.05) is 13.1 Å². The molecular weight excluding hydrogens is 232 g/mol. The molecule has 1 heterocycles. The summed E-state index contributed by atoms with van der Waals surface area (Å²) in [4.78, 5) is 2.93. The van der Waals surface area contributed by atoms with Crippen LogP contribution in [0.5, 0.6) is 0 Å². The van der Waals surface area contributed by atoms with E-state index in [2.05, 4.69) is 24.1 Å². The highest BCUT2D eigenvalue weighted by atomic mass is 15.3. The molecule has 0 aromatic carbocycles. The van der Waals surface area contributed by atoms with E-state index in [4.69, 9.17) is 0 Å². The van der Waals surface area contributed by atoms with Gasteiger partial charge in [0.25, 0.3) is 0 Å². The maximum atomic E-state index is 4.03. The molecule has 0 aromatic heterocycles. The first-order valence-corrected chi connectivity index (χ1v) is 8.72. The smallest absolute Gasteiger partial charge is 0.0337 e. The van der Waals surface area contributed by atoms with Crippen LogP contribution >= 0.6 is 0 Å². The maximum absolute atomic E-state index is 4.03. The predicted molar refractivity (Wildman–Crippen MR) is 81.5 cm³/mol. The van der Waals surface area contributed by atoms with Crippen molar-refractivity contribution in [2.45, 2.75) is 95.2 Å². The number of hydrogen-bond donors (Lipinski definition) is 1. The first-order valence-electron chi connectivity index (χ1n) is 8.72. The van der Waals surface area contributed by atoms with Gasteiger partial charge in [-0.3, -0.25) is 4.90 Å². The average Bonchev–Trinajstić information content (AvgIpc) is 2.92. The quantitative estimate of drug-likeness (QED) is 0.818. The lowest BCUT2D eigenvalue weighted by atomic mass is 9.76. The minimum Gasteiger partial charge on any atom is -0.308 e. The third-order valence-corrected chi connectivity index (χ3v) is 6.34. The standard InChI is InChI=1S/C17H32N2/c1-3-15(2)19-14-16(9-5-4-6-10-16)18-13-17(19)11-7-8-12-17/h15,18H,3-14H2,1-2H3. The van der Waals surface area contributed by atoms with Gasteiger partial charge in [-0.1, -0.05) is 39.0 Å². The van der Waals surface area contributed by atoms with Crippen LogP contribution in [0.3, 0.4) is 0 Å². The summed E-state index contributed by atoms with van der Waals surface area (Å²) >= 11 is 0. The van der Waals surface area contributed by atoms with Crippen LogP contribution in [0.25, 0.3) is 0 Å². The summed E-state index contributed by atoms with van der Waals surface area (Å²) in [5.74, 6) is 0. The van der Waals surface area contributed by atoms with Crippen molar-refractivity contribution in [2.24, 2.45) is 0 Å². The Kier molecular flexibility index (Phi) is 3.92. The molecule has 19 heavy (non-hydrogen) atoms. The second-order valence-corrected chi connectivity index (χ2v) is 7.51. The zero-order valence-electron chi connectivity index (χ0n) is 13.0. The lowest BCUT2D eigenvalue weighted by molar-refractivity contribution is -0.0316. The molecule has 2 saturated carbocycles. The van der Waals surface area contributed by atoms with Crippen molar-refractivity contribution in [3.05, 3.63) is 0 Å². The maximum Gasteiger partial charge on any atom is 0.0337 e. The van der Waals surface area contributed by atoms with Gasteiger partial charge in [-0.15, -0.1) is 0 Å². The molecular formula is C17H32N2. The molecule has 0 radical (unpaired) electrons. The molecule has 2 heteroatoms. The molecule has 3 aliphatic rings. The molecule has 1 atom stereocenters. The molecule has 3 rings (SSSR count). The van der Waals surface area contributed by atoms with E-state index in [1.807, 2.05) is 0 Å². The Morgan fingerprint density at radius 3 is 2.26 bits per heavy atom. The summed E-state index contributed by atoms with van der Waals surface area (Å²) in [7, 11) is 0. The Labute approximate surface area is 119 Å². The van der Waals surface area contributed by atoms with E-state index in [0.717, 1.165) is 6.04 Å². The Bertz CT molecular complexity index is 300. The van der Waals surface area contributed by atoms with E-state index in [1.54, 1.807) is 0 Å². The van der Waals surface area contributed by atoms with Gasteiger partial charge in [-0.25, -0.2) is 0 Å².